The Labute approximate surface area is 604 Å². The molecule has 5 aromatic rings. The van der Waals surface area contributed by atoms with Crippen molar-refractivity contribution in [1.82, 2.24) is 9.97 Å². The first-order valence-corrected chi connectivity index (χ1v) is 35.3. The Hall–Kier alpha value is -7.31. The van der Waals surface area contributed by atoms with Gasteiger partial charge < -0.3 is 63.9 Å². The van der Waals surface area contributed by atoms with Crippen LogP contribution in [0.2, 0.25) is 11.6 Å². The lowest BCUT2D eigenvalue weighted by atomic mass is 9.43. The van der Waals surface area contributed by atoms with Gasteiger partial charge in [0.1, 0.15) is 57.4 Å². The van der Waals surface area contributed by atoms with Crippen LogP contribution in [0.1, 0.15) is 182 Å². The maximum atomic E-state index is 14.9. The number of thiazole rings is 2. The van der Waals surface area contributed by atoms with Crippen LogP contribution in [0, 0.1) is 17.3 Å². The number of aliphatic carboxylic acids is 1. The highest BCUT2D eigenvalue weighted by atomic mass is 35.6. The summed E-state index contributed by atoms with van der Waals surface area (Å²) in [6, 6.07) is 16.2. The van der Waals surface area contributed by atoms with Crippen molar-refractivity contribution < 1.29 is 91.8 Å². The molecule has 1 unspecified atom stereocenters. The highest BCUT2D eigenvalue weighted by Gasteiger charge is 2.68. The number of carboxylic acids is 2. The SMILES string of the molecule is COc1c(C[C@H](CC(=O)/C(=N\OCc2ccccc2)c2csc(NC(=O)OC(C)(C)C)n2)B2OC3C[C@@H]4C[C@@H](C4(C)C)[C@]3(C)O2)ccc(CCC(=O)OC(C)(C)C)c1C(=O)OC(C)(C)C.ClB(Cl)Cl.Nc1nc(/C(=N/O)C(=O)C[C@H]2Cc3ccc(CCC(=O)O)c(C(=O)O)c3OB2O)cs1. The van der Waals surface area contributed by atoms with E-state index in [-0.39, 0.29) is 137 Å². The van der Waals surface area contributed by atoms with Gasteiger partial charge in [0.05, 0.1) is 18.8 Å². The van der Waals surface area contributed by atoms with Crippen LogP contribution in [0.4, 0.5) is 15.1 Å². The normalized spacial score (nSPS) is 19.4. The number of amides is 1. The predicted octanol–water partition coefficient (Wildman–Crippen LogP) is 12.7. The standard InChI is InChI=1S/C49H66BN3O11S.C18H18BN3O8S.BCl3/c1-45(2,3)60-38(55)22-21-30-19-20-31(41(58-13)39(30)42(56)61-46(4,5)6)23-33(50-63-37-25-32-24-36(48(32,10)11)49(37,12)64-50)26-35(54)40(53-59-27-29-17-15-14-16-18-29)34-28-65-43(51-34)52-44(57)62-47(7,8)9;20-18-21-11(7-31-18)15(22-29)12(23)6-10-5-9-2-1-8(3-4-13(24)25)14(17(26)27)16(9)30-19(10)28;2-1(3)4/h14-20,28,32-33,36-37H,21-27H2,1-13H3,(H,51,52,57);1-2,7,10,28-29H,3-6H2,(H2,20,21)(H,24,25)(H,26,27);/b53-40-;22-15-;/t32-,33+,36-,37?,49-;10-;/m01./s1. The zero-order valence-electron chi connectivity index (χ0n) is 58.0. The minimum atomic E-state index is -1.50. The Morgan fingerprint density at radius 3 is 2.00 bits per heavy atom. The van der Waals surface area contributed by atoms with Crippen molar-refractivity contribution in [2.45, 2.75) is 194 Å². The number of carbonyl (C=O) groups is 7. The van der Waals surface area contributed by atoms with Crippen molar-refractivity contribution in [3.63, 3.8) is 0 Å². The summed E-state index contributed by atoms with van der Waals surface area (Å²) in [7, 11) is -0.834. The van der Waals surface area contributed by atoms with Gasteiger partial charge in [-0.15, -0.1) is 22.7 Å². The Balaban J connectivity index is 0.000000333. The molecule has 1 amide bonds. The topological polar surface area (TPSA) is 363 Å². The van der Waals surface area contributed by atoms with Gasteiger partial charge in [-0.2, -0.15) is 34.4 Å². The highest BCUT2D eigenvalue weighted by Crippen LogP contribution is 2.66. The van der Waals surface area contributed by atoms with Gasteiger partial charge >= 0.3 is 49.2 Å². The van der Waals surface area contributed by atoms with Crippen LogP contribution in [0.5, 0.6) is 11.5 Å². The van der Waals surface area contributed by atoms with E-state index in [1.54, 1.807) is 79.8 Å². The second-order valence-electron chi connectivity index (χ2n) is 28.3. The number of ether oxygens (including phenoxy) is 4. The smallest absolute Gasteiger partial charge is 0.526 e. The fourth-order valence-corrected chi connectivity index (χ4v) is 13.9. The summed E-state index contributed by atoms with van der Waals surface area (Å²) in [5, 5.41) is 51.6. The van der Waals surface area contributed by atoms with E-state index in [0.29, 0.717) is 22.6 Å². The number of anilines is 2. The molecule has 10 rings (SSSR count). The summed E-state index contributed by atoms with van der Waals surface area (Å²) in [4.78, 5) is 103. The minimum Gasteiger partial charge on any atom is -0.535 e. The number of nitrogen functional groups attached to an aromatic ring is 1. The largest absolute Gasteiger partial charge is 0.535 e. The number of methoxy groups -OCH3 is 1. The van der Waals surface area contributed by atoms with Crippen LogP contribution in [0.3, 0.4) is 0 Å². The fraction of sp³-hybridized carbons (Fsp3) is 0.507. The number of benzene rings is 3. The number of ketones is 2. The van der Waals surface area contributed by atoms with Crippen molar-refractivity contribution in [3.05, 3.63) is 116 Å². The molecule has 33 heteroatoms. The molecule has 1 saturated heterocycles. The molecule has 2 aliphatic heterocycles. The monoisotopic (exact) mass is 1480 g/mol. The first kappa shape index (κ1) is 80.0. The van der Waals surface area contributed by atoms with E-state index in [2.05, 4.69) is 46.4 Å². The Morgan fingerprint density at radius 2 is 1.41 bits per heavy atom. The van der Waals surface area contributed by atoms with E-state index in [1.165, 1.54) is 18.6 Å². The van der Waals surface area contributed by atoms with Crippen LogP contribution in [-0.2, 0) is 79.8 Å². The molecule has 3 aromatic carbocycles. The van der Waals surface area contributed by atoms with Gasteiger partial charge in [-0.1, -0.05) is 78.8 Å². The van der Waals surface area contributed by atoms with E-state index in [0.717, 1.165) is 41.1 Å². The number of nitrogens with two attached hydrogens (primary N) is 1. The third-order valence-electron chi connectivity index (χ3n) is 17.1. The molecule has 7 N–H and O–H groups in total. The van der Waals surface area contributed by atoms with Gasteiger partial charge in [-0.05, 0) is 153 Å². The highest BCUT2D eigenvalue weighted by molar-refractivity contribution is 7.54. The number of Topliss-reactive ketones (excluding diaryl/α,β-unsaturated/α-hetero) is 2. The molecule has 4 fully saturated rings. The number of hydrogen-bond donors (Lipinski definition) is 6. The third-order valence-corrected chi connectivity index (χ3v) is 18.6. The molecule has 3 aliphatic carbocycles. The number of oxime groups is 2. The lowest BCUT2D eigenvalue weighted by Gasteiger charge is -2.64. The number of hydrogen-bond acceptors (Lipinski definition) is 24. The van der Waals surface area contributed by atoms with E-state index < -0.39 is 94.8 Å². The van der Waals surface area contributed by atoms with Crippen molar-refractivity contribution in [1.29, 1.82) is 0 Å². The van der Waals surface area contributed by atoms with Gasteiger partial charge in [-0.3, -0.25) is 24.5 Å². The van der Waals surface area contributed by atoms with E-state index in [1.807, 2.05) is 36.4 Å². The molecule has 538 valence electrons. The molecule has 4 heterocycles. The van der Waals surface area contributed by atoms with Gasteiger partial charge in [0.2, 0.25) is 0 Å². The van der Waals surface area contributed by atoms with Crippen molar-refractivity contribution in [2.75, 3.05) is 18.2 Å². The summed E-state index contributed by atoms with van der Waals surface area (Å²) in [6.45, 7) is 22.8. The number of nitrogens with zero attached hydrogens (tertiary/aromatic N) is 4. The lowest BCUT2D eigenvalue weighted by molar-refractivity contribution is -0.199. The maximum absolute atomic E-state index is 14.9. The number of carbonyl (C=O) groups excluding carboxylic acids is 5. The molecule has 25 nitrogen and oxygen atoms in total. The zero-order valence-corrected chi connectivity index (χ0v) is 61.9. The van der Waals surface area contributed by atoms with E-state index in [9.17, 15) is 48.9 Å². The average Bonchev–Trinajstić information content (AvgIpc) is 1.50. The van der Waals surface area contributed by atoms with Crippen LogP contribution < -0.4 is 20.4 Å². The van der Waals surface area contributed by atoms with Crippen molar-refractivity contribution in [2.24, 2.45) is 27.6 Å². The fourth-order valence-electron chi connectivity index (χ4n) is 12.7. The number of rotatable bonds is 24. The summed E-state index contributed by atoms with van der Waals surface area (Å²) < 4.78 is 42.3. The number of carboxylic acid groups (broad SMARTS) is 2. The number of fused-ring (bicyclic) bond motifs is 1. The molecular weight excluding hydrogens is 1400 g/mol. The average molecular weight is 1480 g/mol. The molecule has 2 bridgehead atoms. The van der Waals surface area contributed by atoms with Crippen LogP contribution >= 0.6 is 57.1 Å². The Morgan fingerprint density at radius 1 is 0.800 bits per heavy atom. The van der Waals surface area contributed by atoms with Gasteiger partial charge in [0.25, 0.3) is 0 Å². The summed E-state index contributed by atoms with van der Waals surface area (Å²) >= 11 is 16.6. The second-order valence-corrected chi connectivity index (χ2v) is 32.1. The number of aromatic nitrogens is 2. The summed E-state index contributed by atoms with van der Waals surface area (Å²) in [5.74, 6) is -4.80. The molecule has 0 spiro atoms. The number of halogens is 3. The van der Waals surface area contributed by atoms with Gasteiger partial charge in [0, 0.05) is 48.1 Å². The Bertz CT molecular complexity index is 3860. The first-order valence-electron chi connectivity index (χ1n) is 32.2. The summed E-state index contributed by atoms with van der Waals surface area (Å²) in [6.07, 6.45) is 0.870. The van der Waals surface area contributed by atoms with Gasteiger partial charge in [0.15, 0.2) is 33.3 Å². The summed E-state index contributed by atoms with van der Waals surface area (Å²) in [5.41, 5.74) is 5.44. The number of aromatic carboxylic acids is 1. The Kier molecular flexibility index (Phi) is 26.9. The number of nitrogens with one attached hydrogen (secondary N) is 1. The maximum Gasteiger partial charge on any atom is 0.526 e. The van der Waals surface area contributed by atoms with Crippen LogP contribution in [0.25, 0.3) is 0 Å². The van der Waals surface area contributed by atoms with E-state index in [4.69, 9.17) is 83.0 Å². The molecule has 100 heavy (non-hydrogen) atoms. The predicted molar refractivity (Wildman–Crippen MR) is 382 cm³/mol. The number of aryl methyl sites for hydroxylation is 2. The zero-order chi connectivity index (χ0) is 74.0. The van der Waals surface area contributed by atoms with Crippen molar-refractivity contribution in [3.8, 4) is 11.5 Å². The third kappa shape index (κ3) is 21.4. The molecule has 0 radical (unpaired) electrons. The molecular formula is C67H84B3Cl3N6O19S2. The van der Waals surface area contributed by atoms with Gasteiger partial charge in [-0.25, -0.2) is 24.4 Å². The van der Waals surface area contributed by atoms with Crippen LogP contribution in [0.15, 0.2) is 75.7 Å². The lowest BCUT2D eigenvalue weighted by Crippen LogP contribution is -2.65. The molecule has 3 saturated carbocycles. The number of esters is 2. The molecule has 2 aromatic heterocycles. The van der Waals surface area contributed by atoms with Crippen LogP contribution in [-0.4, -0.2) is 138 Å². The first-order chi connectivity index (χ1) is 46.7. The van der Waals surface area contributed by atoms with Crippen molar-refractivity contribution >= 4 is 139 Å². The van der Waals surface area contributed by atoms with E-state index >= 15 is 0 Å². The molecule has 5 aliphatic rings. The quantitative estimate of drug-likeness (QED) is 0.00834. The second kappa shape index (κ2) is 33.7. The minimum absolute atomic E-state index is 0.0152. The molecule has 6 atom stereocenters.